The fraction of sp³-hybridized carbons (Fsp3) is 0.0476. The van der Waals surface area contributed by atoms with Gasteiger partial charge in [-0.2, -0.15) is 0 Å². The van der Waals surface area contributed by atoms with Crippen molar-refractivity contribution in [3.63, 3.8) is 0 Å². The monoisotopic (exact) mass is 328 g/mol. The summed E-state index contributed by atoms with van der Waals surface area (Å²) in [6.45, 7) is 1.94. The van der Waals surface area contributed by atoms with Gasteiger partial charge in [0.1, 0.15) is 11.6 Å². The van der Waals surface area contributed by atoms with Gasteiger partial charge in [0.2, 0.25) is 0 Å². The van der Waals surface area contributed by atoms with Crippen LogP contribution in [0.25, 0.3) is 22.4 Å². The fourth-order valence-corrected chi connectivity index (χ4v) is 2.71. The summed E-state index contributed by atoms with van der Waals surface area (Å²) in [5.74, 6) is 0.935. The number of aryl methyl sites for hydroxylation is 1. The first-order valence-corrected chi connectivity index (χ1v) is 8.03. The zero-order valence-corrected chi connectivity index (χ0v) is 13.7. The predicted molar refractivity (Wildman–Crippen MR) is 97.7 cm³/mol. The van der Waals surface area contributed by atoms with Gasteiger partial charge in [-0.15, -0.1) is 0 Å². The van der Waals surface area contributed by atoms with Gasteiger partial charge in [-0.25, -0.2) is 9.78 Å². The van der Waals surface area contributed by atoms with E-state index in [1.54, 1.807) is 18.2 Å². The van der Waals surface area contributed by atoms with E-state index in [-0.39, 0.29) is 5.97 Å². The Morgan fingerprint density at radius 2 is 1.76 bits per heavy atom. The third kappa shape index (κ3) is 3.15. The highest BCUT2D eigenvalue weighted by atomic mass is 16.5. The average Bonchev–Trinajstić information content (AvgIpc) is 3.06. The standard InChI is InChI=1S/C21H16N2O2/c1-14-5-4-6-16(13-14)21(24)25-17-11-9-15(10-12-17)20-22-18-7-2-3-8-19(18)23-20/h2-13H,1H3,(H,22,23). The Hall–Kier alpha value is -3.40. The highest BCUT2D eigenvalue weighted by Gasteiger charge is 2.10. The molecule has 0 aliphatic carbocycles. The molecule has 0 unspecified atom stereocenters. The number of esters is 1. The lowest BCUT2D eigenvalue weighted by atomic mass is 10.1. The third-order valence-corrected chi connectivity index (χ3v) is 3.98. The summed E-state index contributed by atoms with van der Waals surface area (Å²) < 4.78 is 5.44. The van der Waals surface area contributed by atoms with Crippen LogP contribution in [0.5, 0.6) is 5.75 Å². The molecule has 0 saturated heterocycles. The maximum absolute atomic E-state index is 12.2. The highest BCUT2D eigenvalue weighted by Crippen LogP contribution is 2.23. The Balaban J connectivity index is 1.54. The lowest BCUT2D eigenvalue weighted by molar-refractivity contribution is 0.0734. The fourth-order valence-electron chi connectivity index (χ4n) is 2.71. The van der Waals surface area contributed by atoms with E-state index in [0.29, 0.717) is 11.3 Å². The second-order valence-corrected chi connectivity index (χ2v) is 5.89. The van der Waals surface area contributed by atoms with Crippen LogP contribution in [-0.2, 0) is 0 Å². The first kappa shape index (κ1) is 15.1. The molecule has 4 rings (SSSR count). The first-order chi connectivity index (χ1) is 12.2. The maximum Gasteiger partial charge on any atom is 0.343 e. The number of ether oxygens (including phenoxy) is 1. The molecule has 4 aromatic rings. The van der Waals surface area contributed by atoms with Crippen molar-refractivity contribution in [3.8, 4) is 17.1 Å². The van der Waals surface area contributed by atoms with Crippen molar-refractivity contribution in [2.45, 2.75) is 6.92 Å². The van der Waals surface area contributed by atoms with E-state index in [4.69, 9.17) is 4.74 Å². The minimum Gasteiger partial charge on any atom is -0.423 e. The van der Waals surface area contributed by atoms with Gasteiger partial charge in [0.15, 0.2) is 0 Å². The molecular formula is C21H16N2O2. The minimum atomic E-state index is -0.361. The summed E-state index contributed by atoms with van der Waals surface area (Å²) in [5, 5.41) is 0. The van der Waals surface area contributed by atoms with Gasteiger partial charge in [-0.3, -0.25) is 0 Å². The number of nitrogens with one attached hydrogen (secondary N) is 1. The number of benzene rings is 3. The molecule has 1 aromatic heterocycles. The largest absolute Gasteiger partial charge is 0.423 e. The van der Waals surface area contributed by atoms with Crippen LogP contribution in [0.3, 0.4) is 0 Å². The van der Waals surface area contributed by atoms with Crippen LogP contribution in [0, 0.1) is 6.92 Å². The second-order valence-electron chi connectivity index (χ2n) is 5.89. The number of carbonyl (C=O) groups excluding carboxylic acids is 1. The summed E-state index contributed by atoms with van der Waals surface area (Å²) in [5.41, 5.74) is 4.42. The van der Waals surface area contributed by atoms with Crippen LogP contribution in [-0.4, -0.2) is 15.9 Å². The van der Waals surface area contributed by atoms with Gasteiger partial charge in [-0.05, 0) is 55.5 Å². The Morgan fingerprint density at radius 3 is 2.52 bits per heavy atom. The van der Waals surface area contributed by atoms with E-state index in [2.05, 4.69) is 9.97 Å². The number of H-pyrrole nitrogens is 1. The summed E-state index contributed by atoms with van der Waals surface area (Å²) in [6, 6.07) is 22.5. The van der Waals surface area contributed by atoms with Crippen LogP contribution >= 0.6 is 0 Å². The number of imidazole rings is 1. The van der Waals surface area contributed by atoms with Gasteiger partial charge in [0.25, 0.3) is 0 Å². The van der Waals surface area contributed by atoms with E-state index in [0.717, 1.165) is 28.0 Å². The average molecular weight is 328 g/mol. The third-order valence-electron chi connectivity index (χ3n) is 3.98. The summed E-state index contributed by atoms with van der Waals surface area (Å²) in [7, 11) is 0. The lowest BCUT2D eigenvalue weighted by Crippen LogP contribution is -2.08. The molecule has 122 valence electrons. The Kier molecular flexibility index (Phi) is 3.78. The Labute approximate surface area is 145 Å². The molecule has 4 heteroatoms. The van der Waals surface area contributed by atoms with Crippen LogP contribution in [0.2, 0.25) is 0 Å². The van der Waals surface area contributed by atoms with Crippen molar-refractivity contribution in [2.24, 2.45) is 0 Å². The van der Waals surface area contributed by atoms with Crippen LogP contribution in [0.4, 0.5) is 0 Å². The molecule has 0 radical (unpaired) electrons. The quantitative estimate of drug-likeness (QED) is 0.436. The molecular weight excluding hydrogens is 312 g/mol. The number of aromatic nitrogens is 2. The van der Waals surface area contributed by atoms with Crippen LogP contribution in [0.15, 0.2) is 72.8 Å². The van der Waals surface area contributed by atoms with Crippen molar-refractivity contribution >= 4 is 17.0 Å². The molecule has 1 heterocycles. The molecule has 25 heavy (non-hydrogen) atoms. The molecule has 0 aliphatic rings. The van der Waals surface area contributed by atoms with Gasteiger partial charge in [-0.1, -0.05) is 29.8 Å². The molecule has 4 nitrogen and oxygen atoms in total. The van der Waals surface area contributed by atoms with E-state index in [9.17, 15) is 4.79 Å². The summed E-state index contributed by atoms with van der Waals surface area (Å²) in [6.07, 6.45) is 0. The number of carbonyl (C=O) groups is 1. The number of nitrogens with zero attached hydrogens (tertiary/aromatic N) is 1. The van der Waals surface area contributed by atoms with Crippen LogP contribution < -0.4 is 4.74 Å². The number of hydrogen-bond acceptors (Lipinski definition) is 3. The molecule has 0 fully saturated rings. The van der Waals surface area contributed by atoms with Crippen molar-refractivity contribution in [1.82, 2.24) is 9.97 Å². The van der Waals surface area contributed by atoms with E-state index in [1.807, 2.05) is 61.5 Å². The predicted octanol–water partition coefficient (Wildman–Crippen LogP) is 4.76. The van der Waals surface area contributed by atoms with Crippen molar-refractivity contribution < 1.29 is 9.53 Å². The van der Waals surface area contributed by atoms with Crippen LogP contribution in [0.1, 0.15) is 15.9 Å². The number of fused-ring (bicyclic) bond motifs is 1. The summed E-state index contributed by atoms with van der Waals surface area (Å²) >= 11 is 0. The number of rotatable bonds is 3. The van der Waals surface area contributed by atoms with Gasteiger partial charge in [0.05, 0.1) is 16.6 Å². The molecule has 0 atom stereocenters. The number of aromatic amines is 1. The van der Waals surface area contributed by atoms with E-state index < -0.39 is 0 Å². The van der Waals surface area contributed by atoms with Crippen molar-refractivity contribution in [3.05, 3.63) is 83.9 Å². The molecule has 3 aromatic carbocycles. The molecule has 1 N–H and O–H groups in total. The summed E-state index contributed by atoms with van der Waals surface area (Å²) in [4.78, 5) is 20.1. The lowest BCUT2D eigenvalue weighted by Gasteiger charge is -2.05. The second kappa shape index (κ2) is 6.24. The molecule has 0 spiro atoms. The molecule has 0 bridgehead atoms. The molecule has 0 saturated carbocycles. The highest BCUT2D eigenvalue weighted by molar-refractivity contribution is 5.91. The van der Waals surface area contributed by atoms with E-state index >= 15 is 0 Å². The Morgan fingerprint density at radius 1 is 0.960 bits per heavy atom. The van der Waals surface area contributed by atoms with Gasteiger partial charge < -0.3 is 9.72 Å². The topological polar surface area (TPSA) is 55.0 Å². The maximum atomic E-state index is 12.2. The van der Waals surface area contributed by atoms with Crippen molar-refractivity contribution in [1.29, 1.82) is 0 Å². The zero-order valence-electron chi connectivity index (χ0n) is 13.7. The molecule has 0 amide bonds. The van der Waals surface area contributed by atoms with Gasteiger partial charge >= 0.3 is 5.97 Å². The zero-order chi connectivity index (χ0) is 17.2. The Bertz CT molecular complexity index is 1020. The first-order valence-electron chi connectivity index (χ1n) is 8.03. The SMILES string of the molecule is Cc1cccc(C(=O)Oc2ccc(-c3nc4ccccc4[nH]3)cc2)c1. The molecule has 0 aliphatic heterocycles. The smallest absolute Gasteiger partial charge is 0.343 e. The van der Waals surface area contributed by atoms with E-state index in [1.165, 1.54) is 0 Å². The number of hydrogen-bond donors (Lipinski definition) is 1. The minimum absolute atomic E-state index is 0.361. The normalized spacial score (nSPS) is 10.8. The van der Waals surface area contributed by atoms with Crippen molar-refractivity contribution in [2.75, 3.05) is 0 Å². The number of para-hydroxylation sites is 2. The van der Waals surface area contributed by atoms with Gasteiger partial charge in [0, 0.05) is 5.56 Å².